The van der Waals surface area contributed by atoms with Crippen LogP contribution in [0.5, 0.6) is 0 Å². The molecule has 0 aliphatic rings. The summed E-state index contributed by atoms with van der Waals surface area (Å²) in [7, 11) is 1.62. The van der Waals surface area contributed by atoms with Gasteiger partial charge in [0.25, 0.3) is 0 Å². The Hall–Kier alpha value is -0.710. The molecule has 5 heteroatoms. The first kappa shape index (κ1) is 14.4. The summed E-state index contributed by atoms with van der Waals surface area (Å²) in [6.45, 7) is 6.99. The van der Waals surface area contributed by atoms with Gasteiger partial charge in [0.05, 0.1) is 12.3 Å². The van der Waals surface area contributed by atoms with E-state index in [1.54, 1.807) is 13.2 Å². The number of rotatable bonds is 6. The smallest absolute Gasteiger partial charge is 0.161 e. The molecular formula is C12H19ClN2O2. The molecule has 17 heavy (non-hydrogen) atoms. The molecule has 0 saturated heterocycles. The zero-order valence-corrected chi connectivity index (χ0v) is 11.5. The summed E-state index contributed by atoms with van der Waals surface area (Å²) in [5, 5.41) is 0.418. The Balaban J connectivity index is 3.10. The molecular weight excluding hydrogens is 240 g/mol. The molecule has 0 fully saturated rings. The van der Waals surface area contributed by atoms with Crippen molar-refractivity contribution < 1.29 is 9.47 Å². The van der Waals surface area contributed by atoms with Gasteiger partial charge in [-0.25, -0.2) is 9.97 Å². The van der Waals surface area contributed by atoms with E-state index in [1.807, 2.05) is 20.8 Å². The third-order valence-electron chi connectivity index (χ3n) is 2.65. The van der Waals surface area contributed by atoms with Gasteiger partial charge in [0, 0.05) is 13.7 Å². The lowest BCUT2D eigenvalue weighted by Gasteiger charge is -2.26. The van der Waals surface area contributed by atoms with Crippen LogP contribution in [0.1, 0.15) is 38.7 Å². The molecule has 1 atom stereocenters. The summed E-state index contributed by atoms with van der Waals surface area (Å²) in [6.07, 6.45) is 0.785. The van der Waals surface area contributed by atoms with Crippen LogP contribution < -0.4 is 0 Å². The standard InChI is InChI=1S/C12H19ClN2O2/c1-5-12(3,17-6-2)11-14-9(8-16-4)7-10(13)15-11/h7H,5-6,8H2,1-4H3. The van der Waals surface area contributed by atoms with Crippen LogP contribution in [0, 0.1) is 0 Å². The van der Waals surface area contributed by atoms with Crippen LogP contribution in [-0.4, -0.2) is 23.7 Å². The molecule has 0 aliphatic heterocycles. The summed E-state index contributed by atoms with van der Waals surface area (Å²) in [4.78, 5) is 8.69. The van der Waals surface area contributed by atoms with Crippen LogP contribution in [0.25, 0.3) is 0 Å². The van der Waals surface area contributed by atoms with E-state index in [0.29, 0.717) is 24.2 Å². The number of halogens is 1. The zero-order valence-electron chi connectivity index (χ0n) is 10.8. The summed E-state index contributed by atoms with van der Waals surface area (Å²) in [5.74, 6) is 0.612. The molecule has 0 bridgehead atoms. The van der Waals surface area contributed by atoms with Gasteiger partial charge in [0.15, 0.2) is 5.82 Å². The highest BCUT2D eigenvalue weighted by molar-refractivity contribution is 6.29. The second kappa shape index (κ2) is 6.28. The van der Waals surface area contributed by atoms with Crippen molar-refractivity contribution in [3.05, 3.63) is 22.7 Å². The Bertz CT molecular complexity index is 374. The van der Waals surface area contributed by atoms with E-state index >= 15 is 0 Å². The quantitative estimate of drug-likeness (QED) is 0.736. The van der Waals surface area contributed by atoms with Gasteiger partial charge in [0.2, 0.25) is 0 Å². The van der Waals surface area contributed by atoms with Crippen LogP contribution in [-0.2, 0) is 21.7 Å². The fourth-order valence-corrected chi connectivity index (χ4v) is 1.77. The first-order valence-electron chi connectivity index (χ1n) is 5.72. The number of methoxy groups -OCH3 is 1. The highest BCUT2D eigenvalue weighted by Gasteiger charge is 2.29. The highest BCUT2D eigenvalue weighted by atomic mass is 35.5. The summed E-state index contributed by atoms with van der Waals surface area (Å²) < 4.78 is 10.8. The fourth-order valence-electron chi connectivity index (χ4n) is 1.57. The van der Waals surface area contributed by atoms with Crippen molar-refractivity contribution in [3.63, 3.8) is 0 Å². The van der Waals surface area contributed by atoms with E-state index in [0.717, 1.165) is 12.1 Å². The predicted molar refractivity (Wildman–Crippen MR) is 67.0 cm³/mol. The lowest BCUT2D eigenvalue weighted by atomic mass is 10.0. The third kappa shape index (κ3) is 3.63. The summed E-state index contributed by atoms with van der Waals surface area (Å²) in [6, 6.07) is 1.70. The number of nitrogens with zero attached hydrogens (tertiary/aromatic N) is 2. The molecule has 1 heterocycles. The van der Waals surface area contributed by atoms with Crippen molar-refractivity contribution in [1.82, 2.24) is 9.97 Å². The second-order valence-corrected chi connectivity index (χ2v) is 4.34. The van der Waals surface area contributed by atoms with Crippen LogP contribution in [0.2, 0.25) is 5.15 Å². The van der Waals surface area contributed by atoms with Crippen LogP contribution in [0.15, 0.2) is 6.07 Å². The van der Waals surface area contributed by atoms with Crippen LogP contribution in [0.3, 0.4) is 0 Å². The van der Waals surface area contributed by atoms with Crippen LogP contribution in [0.4, 0.5) is 0 Å². The first-order valence-corrected chi connectivity index (χ1v) is 6.10. The van der Waals surface area contributed by atoms with Gasteiger partial charge in [-0.3, -0.25) is 0 Å². The lowest BCUT2D eigenvalue weighted by Crippen LogP contribution is -2.28. The van der Waals surface area contributed by atoms with E-state index in [2.05, 4.69) is 9.97 Å². The second-order valence-electron chi connectivity index (χ2n) is 3.96. The SMILES string of the molecule is CCOC(C)(CC)c1nc(Cl)cc(COC)n1. The summed E-state index contributed by atoms with van der Waals surface area (Å²) >= 11 is 5.99. The molecule has 1 aromatic rings. The Morgan fingerprint density at radius 3 is 2.59 bits per heavy atom. The maximum Gasteiger partial charge on any atom is 0.161 e. The maximum absolute atomic E-state index is 5.99. The van der Waals surface area contributed by atoms with Gasteiger partial charge in [-0.15, -0.1) is 0 Å². The molecule has 0 aliphatic carbocycles. The lowest BCUT2D eigenvalue weighted by molar-refractivity contribution is -0.0393. The molecule has 0 saturated carbocycles. The number of aromatic nitrogens is 2. The van der Waals surface area contributed by atoms with E-state index in [-0.39, 0.29) is 0 Å². The number of hydrogen-bond acceptors (Lipinski definition) is 4. The minimum absolute atomic E-state index is 0.418. The Kier molecular flexibility index (Phi) is 5.31. The normalized spacial score (nSPS) is 14.6. The van der Waals surface area contributed by atoms with Crippen molar-refractivity contribution in [2.24, 2.45) is 0 Å². The monoisotopic (exact) mass is 258 g/mol. The van der Waals surface area contributed by atoms with Gasteiger partial charge in [-0.2, -0.15) is 0 Å². The molecule has 1 aromatic heterocycles. The van der Waals surface area contributed by atoms with Crippen molar-refractivity contribution >= 4 is 11.6 Å². The van der Waals surface area contributed by atoms with Crippen molar-refractivity contribution in [3.8, 4) is 0 Å². The molecule has 1 unspecified atom stereocenters. The van der Waals surface area contributed by atoms with E-state index in [4.69, 9.17) is 21.1 Å². The van der Waals surface area contributed by atoms with E-state index < -0.39 is 5.60 Å². The molecule has 0 aromatic carbocycles. The largest absolute Gasteiger partial charge is 0.378 e. The third-order valence-corrected chi connectivity index (χ3v) is 2.84. The molecule has 4 nitrogen and oxygen atoms in total. The minimum Gasteiger partial charge on any atom is -0.378 e. The van der Waals surface area contributed by atoms with Gasteiger partial charge in [-0.1, -0.05) is 18.5 Å². The van der Waals surface area contributed by atoms with E-state index in [9.17, 15) is 0 Å². The predicted octanol–water partition coefficient (Wildman–Crippen LogP) is 2.94. The molecule has 0 N–H and O–H groups in total. The molecule has 0 radical (unpaired) electrons. The van der Waals surface area contributed by atoms with Gasteiger partial charge in [-0.05, 0) is 26.3 Å². The molecule has 0 spiro atoms. The van der Waals surface area contributed by atoms with Gasteiger partial charge >= 0.3 is 0 Å². The molecule has 0 amide bonds. The van der Waals surface area contributed by atoms with Crippen molar-refractivity contribution in [2.45, 2.75) is 39.4 Å². The maximum atomic E-state index is 5.99. The Morgan fingerprint density at radius 2 is 2.06 bits per heavy atom. The topological polar surface area (TPSA) is 44.2 Å². The number of ether oxygens (including phenoxy) is 2. The van der Waals surface area contributed by atoms with Gasteiger partial charge < -0.3 is 9.47 Å². The van der Waals surface area contributed by atoms with Crippen molar-refractivity contribution in [2.75, 3.05) is 13.7 Å². The zero-order chi connectivity index (χ0) is 12.9. The Labute approximate surface area is 107 Å². The van der Waals surface area contributed by atoms with E-state index in [1.165, 1.54) is 0 Å². The summed E-state index contributed by atoms with van der Waals surface area (Å²) in [5.41, 5.74) is 0.268. The van der Waals surface area contributed by atoms with Crippen LogP contribution >= 0.6 is 11.6 Å². The first-order chi connectivity index (χ1) is 8.05. The molecule has 1 rings (SSSR count). The van der Waals surface area contributed by atoms with Gasteiger partial charge in [0.1, 0.15) is 10.8 Å². The average molecular weight is 259 g/mol. The minimum atomic E-state index is -0.498. The Morgan fingerprint density at radius 1 is 1.35 bits per heavy atom. The molecule has 96 valence electrons. The number of hydrogen-bond donors (Lipinski definition) is 0. The van der Waals surface area contributed by atoms with Crippen molar-refractivity contribution in [1.29, 1.82) is 0 Å². The fraction of sp³-hybridized carbons (Fsp3) is 0.667. The average Bonchev–Trinajstić information content (AvgIpc) is 2.29. The highest BCUT2D eigenvalue weighted by Crippen LogP contribution is 2.27.